The summed E-state index contributed by atoms with van der Waals surface area (Å²) >= 11 is 0. The third-order valence-corrected chi connectivity index (χ3v) is 4.17. The lowest BCUT2D eigenvalue weighted by Crippen LogP contribution is -2.49. The largest absolute Gasteiger partial charge is 0.354 e. The van der Waals surface area contributed by atoms with Gasteiger partial charge in [-0.15, -0.1) is 12.4 Å². The first-order chi connectivity index (χ1) is 11.9. The lowest BCUT2D eigenvalue weighted by atomic mass is 9.92. The summed E-state index contributed by atoms with van der Waals surface area (Å²) in [6, 6.07) is 15.8. The summed E-state index contributed by atoms with van der Waals surface area (Å²) in [5.41, 5.74) is 7.02. The molecule has 0 saturated heterocycles. The number of nitro benzene ring substituents is 1. The Labute approximate surface area is 159 Å². The van der Waals surface area contributed by atoms with Crippen LogP contribution in [-0.4, -0.2) is 17.4 Å². The number of nitrogens with one attached hydrogen (secondary N) is 1. The molecule has 1 unspecified atom stereocenters. The maximum atomic E-state index is 12.3. The van der Waals surface area contributed by atoms with Crippen LogP contribution >= 0.6 is 12.4 Å². The molecule has 0 radical (unpaired) electrons. The Hall–Kier alpha value is -2.44. The molecule has 140 valence electrons. The van der Waals surface area contributed by atoms with E-state index in [-0.39, 0.29) is 24.0 Å². The minimum Gasteiger partial charge on any atom is -0.354 e. The van der Waals surface area contributed by atoms with Crippen LogP contribution in [0.4, 0.5) is 5.69 Å². The van der Waals surface area contributed by atoms with Crippen LogP contribution in [0.2, 0.25) is 0 Å². The summed E-state index contributed by atoms with van der Waals surface area (Å²) < 4.78 is 0. The highest BCUT2D eigenvalue weighted by Gasteiger charge is 2.29. The number of carbonyl (C=O) groups is 1. The number of hydrogen-bond acceptors (Lipinski definition) is 4. The molecule has 0 spiro atoms. The van der Waals surface area contributed by atoms with Gasteiger partial charge in [-0.05, 0) is 37.3 Å². The van der Waals surface area contributed by atoms with Crippen LogP contribution in [0.1, 0.15) is 30.9 Å². The van der Waals surface area contributed by atoms with Crippen molar-refractivity contribution in [3.8, 4) is 0 Å². The van der Waals surface area contributed by atoms with Crippen molar-refractivity contribution in [1.82, 2.24) is 5.32 Å². The third kappa shape index (κ3) is 5.82. The average molecular weight is 378 g/mol. The number of nitrogens with two attached hydrogens (primary N) is 1. The van der Waals surface area contributed by atoms with E-state index >= 15 is 0 Å². The molecule has 0 bridgehead atoms. The molecule has 0 fully saturated rings. The number of hydrogen-bond donors (Lipinski definition) is 2. The van der Waals surface area contributed by atoms with E-state index < -0.39 is 10.5 Å². The standard InChI is InChI=1S/C19H23N3O3.ClH/c1-19(20,16-8-3-2-4-9-16)18(23)21-14-6-5-7-15-10-12-17(13-11-15)22(24)25;/h2-4,8-13H,5-7,14,20H2,1H3,(H,21,23);1H. The molecular formula is C19H24ClN3O3. The van der Waals surface area contributed by atoms with Gasteiger partial charge in [-0.1, -0.05) is 42.5 Å². The van der Waals surface area contributed by atoms with Gasteiger partial charge >= 0.3 is 0 Å². The third-order valence-electron chi connectivity index (χ3n) is 4.17. The topological polar surface area (TPSA) is 98.3 Å². The first-order valence-corrected chi connectivity index (χ1v) is 8.27. The summed E-state index contributed by atoms with van der Waals surface area (Å²) in [6.07, 6.45) is 2.50. The Bertz CT molecular complexity index is 719. The van der Waals surface area contributed by atoms with E-state index in [1.807, 2.05) is 30.3 Å². The minimum atomic E-state index is -1.06. The van der Waals surface area contributed by atoms with E-state index in [0.29, 0.717) is 6.54 Å². The molecule has 0 saturated carbocycles. The fourth-order valence-electron chi connectivity index (χ4n) is 2.54. The minimum absolute atomic E-state index is 0. The highest BCUT2D eigenvalue weighted by Crippen LogP contribution is 2.17. The zero-order chi connectivity index (χ0) is 18.3. The zero-order valence-corrected chi connectivity index (χ0v) is 15.5. The highest BCUT2D eigenvalue weighted by atomic mass is 35.5. The smallest absolute Gasteiger partial charge is 0.269 e. The number of nitro groups is 1. The Morgan fingerprint density at radius 2 is 1.73 bits per heavy atom. The van der Waals surface area contributed by atoms with Gasteiger partial charge in [0, 0.05) is 18.7 Å². The Morgan fingerprint density at radius 1 is 1.12 bits per heavy atom. The summed E-state index contributed by atoms with van der Waals surface area (Å²) in [7, 11) is 0. The molecule has 0 aliphatic heterocycles. The summed E-state index contributed by atoms with van der Waals surface area (Å²) in [6.45, 7) is 2.25. The van der Waals surface area contributed by atoms with Crippen LogP contribution in [0.25, 0.3) is 0 Å². The number of carbonyl (C=O) groups excluding carboxylic acids is 1. The van der Waals surface area contributed by atoms with Crippen molar-refractivity contribution in [3.63, 3.8) is 0 Å². The number of benzene rings is 2. The second kappa shape index (κ2) is 9.89. The van der Waals surface area contributed by atoms with Gasteiger partial charge in [-0.25, -0.2) is 0 Å². The highest BCUT2D eigenvalue weighted by molar-refractivity contribution is 5.86. The van der Waals surface area contributed by atoms with E-state index in [4.69, 9.17) is 5.73 Å². The molecule has 2 aromatic carbocycles. The number of aryl methyl sites for hydroxylation is 1. The van der Waals surface area contributed by atoms with Gasteiger partial charge in [0.15, 0.2) is 0 Å². The number of halogens is 1. The van der Waals surface area contributed by atoms with Gasteiger partial charge < -0.3 is 11.1 Å². The van der Waals surface area contributed by atoms with Crippen molar-refractivity contribution in [2.75, 3.05) is 6.54 Å². The predicted molar refractivity (Wildman–Crippen MR) is 104 cm³/mol. The normalized spacial score (nSPS) is 12.5. The van der Waals surface area contributed by atoms with Crippen molar-refractivity contribution in [1.29, 1.82) is 0 Å². The van der Waals surface area contributed by atoms with Gasteiger partial charge in [-0.3, -0.25) is 14.9 Å². The second-order valence-corrected chi connectivity index (χ2v) is 6.20. The fraction of sp³-hybridized carbons (Fsp3) is 0.316. The first kappa shape index (κ1) is 21.6. The van der Waals surface area contributed by atoms with Crippen LogP contribution in [-0.2, 0) is 16.8 Å². The van der Waals surface area contributed by atoms with E-state index in [1.165, 1.54) is 12.1 Å². The number of non-ortho nitro benzene ring substituents is 1. The fourth-order valence-corrected chi connectivity index (χ4v) is 2.54. The summed E-state index contributed by atoms with van der Waals surface area (Å²) in [5, 5.41) is 13.5. The number of unbranched alkanes of at least 4 members (excludes halogenated alkanes) is 1. The monoisotopic (exact) mass is 377 g/mol. The molecule has 26 heavy (non-hydrogen) atoms. The second-order valence-electron chi connectivity index (χ2n) is 6.20. The molecule has 2 aromatic rings. The molecule has 7 heteroatoms. The van der Waals surface area contributed by atoms with Gasteiger partial charge in [0.2, 0.25) is 5.91 Å². The van der Waals surface area contributed by atoms with Gasteiger partial charge in [-0.2, -0.15) is 0 Å². The molecule has 0 aliphatic carbocycles. The van der Waals surface area contributed by atoms with Crippen molar-refractivity contribution in [2.24, 2.45) is 5.73 Å². The van der Waals surface area contributed by atoms with Crippen molar-refractivity contribution in [3.05, 3.63) is 75.8 Å². The van der Waals surface area contributed by atoms with Crippen molar-refractivity contribution in [2.45, 2.75) is 31.7 Å². The molecule has 0 aliphatic rings. The van der Waals surface area contributed by atoms with Crippen molar-refractivity contribution < 1.29 is 9.72 Å². The van der Waals surface area contributed by atoms with Gasteiger partial charge in [0.05, 0.1) is 4.92 Å². The molecule has 0 aromatic heterocycles. The first-order valence-electron chi connectivity index (χ1n) is 8.27. The maximum Gasteiger partial charge on any atom is 0.269 e. The van der Waals surface area contributed by atoms with Crippen LogP contribution < -0.4 is 11.1 Å². The van der Waals surface area contributed by atoms with Gasteiger partial charge in [0.25, 0.3) is 5.69 Å². The molecular weight excluding hydrogens is 354 g/mol. The zero-order valence-electron chi connectivity index (χ0n) is 14.7. The number of rotatable bonds is 8. The number of amides is 1. The molecule has 6 nitrogen and oxygen atoms in total. The van der Waals surface area contributed by atoms with Crippen LogP contribution in [0.5, 0.6) is 0 Å². The lowest BCUT2D eigenvalue weighted by Gasteiger charge is -2.24. The van der Waals surface area contributed by atoms with Crippen LogP contribution in [0.3, 0.4) is 0 Å². The predicted octanol–water partition coefficient (Wildman–Crippen LogP) is 3.33. The molecule has 1 amide bonds. The SMILES string of the molecule is CC(N)(C(=O)NCCCCc1ccc([N+](=O)[O-])cc1)c1ccccc1.Cl. The Balaban J connectivity index is 0.00000338. The molecule has 1 atom stereocenters. The van der Waals surface area contributed by atoms with E-state index in [9.17, 15) is 14.9 Å². The Kier molecular flexibility index (Phi) is 8.22. The average Bonchev–Trinajstić information content (AvgIpc) is 2.62. The van der Waals surface area contributed by atoms with E-state index in [2.05, 4.69) is 5.32 Å². The van der Waals surface area contributed by atoms with E-state index in [1.54, 1.807) is 19.1 Å². The Morgan fingerprint density at radius 3 is 2.31 bits per heavy atom. The molecule has 2 rings (SSSR count). The lowest BCUT2D eigenvalue weighted by molar-refractivity contribution is -0.384. The quantitative estimate of drug-likeness (QED) is 0.418. The van der Waals surface area contributed by atoms with Crippen LogP contribution in [0.15, 0.2) is 54.6 Å². The summed E-state index contributed by atoms with van der Waals surface area (Å²) in [4.78, 5) is 22.5. The number of nitrogens with zero attached hydrogens (tertiary/aromatic N) is 1. The van der Waals surface area contributed by atoms with Crippen molar-refractivity contribution >= 4 is 24.0 Å². The maximum absolute atomic E-state index is 12.3. The van der Waals surface area contributed by atoms with Crippen LogP contribution in [0, 0.1) is 10.1 Å². The molecule has 3 N–H and O–H groups in total. The summed E-state index contributed by atoms with van der Waals surface area (Å²) in [5.74, 6) is -0.200. The van der Waals surface area contributed by atoms with Gasteiger partial charge in [0.1, 0.15) is 5.54 Å². The van der Waals surface area contributed by atoms with E-state index in [0.717, 1.165) is 30.4 Å². The molecule has 0 heterocycles.